The molecule has 0 N–H and O–H groups in total. The van der Waals surface area contributed by atoms with Gasteiger partial charge in [-0.3, -0.25) is 14.6 Å². The first-order valence-corrected chi connectivity index (χ1v) is 10.4. The van der Waals surface area contributed by atoms with Crippen molar-refractivity contribution < 1.29 is 9.59 Å². The van der Waals surface area contributed by atoms with Gasteiger partial charge in [-0.15, -0.1) is 0 Å². The second-order valence-electron chi connectivity index (χ2n) is 8.20. The van der Waals surface area contributed by atoms with Gasteiger partial charge in [-0.2, -0.15) is 0 Å². The van der Waals surface area contributed by atoms with Crippen LogP contribution >= 0.6 is 0 Å². The molecule has 2 aliphatic rings. The molecule has 0 aliphatic carbocycles. The summed E-state index contributed by atoms with van der Waals surface area (Å²) in [7, 11) is 0. The van der Waals surface area contributed by atoms with Crippen LogP contribution in [-0.4, -0.2) is 52.6 Å². The molecule has 3 amide bonds. The Kier molecular flexibility index (Phi) is 4.46. The summed E-state index contributed by atoms with van der Waals surface area (Å²) < 4.78 is 2.07. The Morgan fingerprint density at radius 3 is 2.53 bits per heavy atom. The van der Waals surface area contributed by atoms with Gasteiger partial charge in [0.2, 0.25) is 11.9 Å². The lowest BCUT2D eigenvalue weighted by atomic mass is 10.0. The minimum Gasteiger partial charge on any atom is -0.313 e. The number of hydrogen-bond donors (Lipinski definition) is 0. The van der Waals surface area contributed by atoms with Crippen LogP contribution < -0.4 is 9.80 Å². The molecule has 154 valence electrons. The van der Waals surface area contributed by atoms with Crippen molar-refractivity contribution >= 4 is 34.6 Å². The van der Waals surface area contributed by atoms with Crippen molar-refractivity contribution in [1.82, 2.24) is 14.5 Å². The van der Waals surface area contributed by atoms with Gasteiger partial charge in [-0.1, -0.05) is 38.1 Å². The van der Waals surface area contributed by atoms with Crippen LogP contribution in [0, 0.1) is 0 Å². The van der Waals surface area contributed by atoms with Crippen LogP contribution in [0.3, 0.4) is 0 Å². The zero-order valence-electron chi connectivity index (χ0n) is 17.3. The summed E-state index contributed by atoms with van der Waals surface area (Å²) in [6.45, 7) is 6.82. The van der Waals surface area contributed by atoms with Crippen molar-refractivity contribution in [3.05, 3.63) is 54.1 Å². The average Bonchev–Trinajstić information content (AvgIpc) is 3.42. The first-order valence-electron chi connectivity index (χ1n) is 10.4. The summed E-state index contributed by atoms with van der Waals surface area (Å²) in [5.41, 5.74) is 4.05. The van der Waals surface area contributed by atoms with Gasteiger partial charge < -0.3 is 9.47 Å². The highest BCUT2D eigenvalue weighted by Crippen LogP contribution is 2.28. The maximum atomic E-state index is 13.0. The smallest absolute Gasteiger partial charge is 0.313 e. The highest BCUT2D eigenvalue weighted by atomic mass is 16.2. The lowest BCUT2D eigenvalue weighted by molar-refractivity contribution is -0.119. The van der Waals surface area contributed by atoms with Crippen molar-refractivity contribution in [3.63, 3.8) is 0 Å². The first-order chi connectivity index (χ1) is 14.5. The Balaban J connectivity index is 1.29. The van der Waals surface area contributed by atoms with Crippen molar-refractivity contribution in [2.45, 2.75) is 26.3 Å². The van der Waals surface area contributed by atoms with E-state index in [1.807, 2.05) is 36.4 Å². The number of imidazole rings is 1. The number of nitrogens with zero attached hydrogens (tertiary/aromatic N) is 5. The van der Waals surface area contributed by atoms with E-state index in [9.17, 15) is 9.59 Å². The second kappa shape index (κ2) is 7.16. The quantitative estimate of drug-likeness (QED) is 0.670. The van der Waals surface area contributed by atoms with Crippen LogP contribution in [-0.2, 0) is 11.3 Å². The van der Waals surface area contributed by atoms with Crippen molar-refractivity contribution in [1.29, 1.82) is 0 Å². The molecule has 7 nitrogen and oxygen atoms in total. The summed E-state index contributed by atoms with van der Waals surface area (Å²) >= 11 is 0. The van der Waals surface area contributed by atoms with Gasteiger partial charge in [0.25, 0.3) is 0 Å². The normalized spacial score (nSPS) is 16.2. The number of carbonyl (C=O) groups excluding carboxylic acids is 2. The van der Waals surface area contributed by atoms with Crippen LogP contribution in [0.25, 0.3) is 11.0 Å². The number of benzene rings is 2. The highest BCUT2D eigenvalue weighted by molar-refractivity contribution is 6.01. The first kappa shape index (κ1) is 18.7. The summed E-state index contributed by atoms with van der Waals surface area (Å²) in [4.78, 5) is 35.6. The molecule has 3 heterocycles. The number of rotatable bonds is 4. The largest absolute Gasteiger partial charge is 0.325 e. The monoisotopic (exact) mass is 403 g/mol. The zero-order chi connectivity index (χ0) is 20.8. The minimum atomic E-state index is -0.117. The zero-order valence-corrected chi connectivity index (χ0v) is 17.3. The Labute approximate surface area is 175 Å². The van der Waals surface area contributed by atoms with Crippen molar-refractivity contribution in [2.24, 2.45) is 0 Å². The van der Waals surface area contributed by atoms with E-state index in [2.05, 4.69) is 35.5 Å². The molecular formula is C23H25N5O2. The highest BCUT2D eigenvalue weighted by Gasteiger charge is 2.34. The lowest BCUT2D eigenvalue weighted by Crippen LogP contribution is -2.42. The molecule has 30 heavy (non-hydrogen) atoms. The number of para-hydroxylation sites is 2. The Hall–Kier alpha value is -3.35. The van der Waals surface area contributed by atoms with Crippen LogP contribution in [0.15, 0.2) is 48.5 Å². The van der Waals surface area contributed by atoms with E-state index < -0.39 is 0 Å². The van der Waals surface area contributed by atoms with E-state index in [4.69, 9.17) is 0 Å². The van der Waals surface area contributed by atoms with Crippen LogP contribution in [0.1, 0.15) is 25.3 Å². The summed E-state index contributed by atoms with van der Waals surface area (Å²) in [5.74, 6) is 1.04. The molecule has 3 aromatic rings. The number of anilines is 2. The number of fused-ring (bicyclic) bond motifs is 3. The Morgan fingerprint density at radius 2 is 1.77 bits per heavy atom. The fourth-order valence-electron chi connectivity index (χ4n) is 4.28. The van der Waals surface area contributed by atoms with Gasteiger partial charge in [0, 0.05) is 31.9 Å². The van der Waals surface area contributed by atoms with E-state index in [1.165, 1.54) is 5.56 Å². The van der Waals surface area contributed by atoms with Crippen LogP contribution in [0.5, 0.6) is 0 Å². The van der Waals surface area contributed by atoms with Gasteiger partial charge in [0.1, 0.15) is 6.54 Å². The minimum absolute atomic E-state index is 0.0720. The molecular weight excluding hydrogens is 378 g/mol. The lowest BCUT2D eigenvalue weighted by Gasteiger charge is -2.21. The molecule has 0 saturated carbocycles. The van der Waals surface area contributed by atoms with E-state index in [0.717, 1.165) is 23.3 Å². The molecule has 1 saturated heterocycles. The van der Waals surface area contributed by atoms with Gasteiger partial charge in [0.05, 0.1) is 11.0 Å². The van der Waals surface area contributed by atoms with E-state index in [1.54, 1.807) is 14.7 Å². The van der Waals surface area contributed by atoms with Crippen molar-refractivity contribution in [3.8, 4) is 0 Å². The predicted octanol–water partition coefficient (Wildman–Crippen LogP) is 3.45. The molecule has 1 aromatic heterocycles. The standard InChI is InChI=1S/C23H25N5O2/c1-16(2)17-7-9-18(10-8-17)26-12-11-25(23(26)30)15-21(29)28-14-13-27-20-6-4-3-5-19(20)24-22(27)28/h3-10,16H,11-15H2,1-2H3. The molecule has 5 rings (SSSR count). The van der Waals surface area contributed by atoms with Gasteiger partial charge in [-0.25, -0.2) is 9.78 Å². The third kappa shape index (κ3) is 3.01. The van der Waals surface area contributed by atoms with E-state index >= 15 is 0 Å². The van der Waals surface area contributed by atoms with Crippen LogP contribution in [0.4, 0.5) is 16.4 Å². The van der Waals surface area contributed by atoms with Gasteiger partial charge in [0.15, 0.2) is 0 Å². The third-order valence-electron chi connectivity index (χ3n) is 6.02. The maximum absolute atomic E-state index is 13.0. The number of aromatic nitrogens is 2. The van der Waals surface area contributed by atoms with E-state index in [-0.39, 0.29) is 18.5 Å². The summed E-state index contributed by atoms with van der Waals surface area (Å²) in [6.07, 6.45) is 0. The molecule has 1 fully saturated rings. The molecule has 0 atom stereocenters. The SMILES string of the molecule is CC(C)c1ccc(N2CCN(CC(=O)N3CCn4c3nc3ccccc34)C2=O)cc1. The summed E-state index contributed by atoms with van der Waals surface area (Å²) in [5, 5.41) is 0. The number of urea groups is 1. The molecule has 0 bridgehead atoms. The summed E-state index contributed by atoms with van der Waals surface area (Å²) in [6, 6.07) is 15.9. The topological polar surface area (TPSA) is 61.7 Å². The molecule has 0 unspecified atom stereocenters. The Morgan fingerprint density at radius 1 is 1.00 bits per heavy atom. The molecule has 2 aliphatic heterocycles. The molecule has 2 aromatic carbocycles. The van der Waals surface area contributed by atoms with Crippen LogP contribution in [0.2, 0.25) is 0 Å². The maximum Gasteiger partial charge on any atom is 0.325 e. The fourth-order valence-corrected chi connectivity index (χ4v) is 4.28. The predicted molar refractivity (Wildman–Crippen MR) is 117 cm³/mol. The fraction of sp³-hybridized carbons (Fsp3) is 0.348. The molecule has 0 radical (unpaired) electrons. The van der Waals surface area contributed by atoms with Gasteiger partial charge in [-0.05, 0) is 35.7 Å². The number of hydrogen-bond acceptors (Lipinski definition) is 3. The Bertz CT molecular complexity index is 1120. The number of amides is 3. The molecule has 7 heteroatoms. The van der Waals surface area contributed by atoms with Gasteiger partial charge >= 0.3 is 6.03 Å². The third-order valence-corrected chi connectivity index (χ3v) is 6.02. The second-order valence-corrected chi connectivity index (χ2v) is 8.20. The average molecular weight is 403 g/mol. The van der Waals surface area contributed by atoms with E-state index in [0.29, 0.717) is 31.5 Å². The number of carbonyl (C=O) groups is 2. The van der Waals surface area contributed by atoms with Crippen molar-refractivity contribution in [2.75, 3.05) is 36.0 Å². The molecule has 0 spiro atoms.